The van der Waals surface area contributed by atoms with Crippen LogP contribution in [-0.2, 0) is 59.8 Å². The van der Waals surface area contributed by atoms with E-state index < -0.39 is 54.1 Å². The third-order valence-corrected chi connectivity index (χ3v) is 8.38. The first kappa shape index (κ1) is 33.8. The molecule has 240 valence electrons. The zero-order valence-electron chi connectivity index (χ0n) is 25.8. The minimum Gasteiger partial charge on any atom is -0.463 e. The van der Waals surface area contributed by atoms with E-state index in [0.717, 1.165) is 40.3 Å². The van der Waals surface area contributed by atoms with Crippen LogP contribution in [0.1, 0.15) is 49.3 Å². The summed E-state index contributed by atoms with van der Waals surface area (Å²) >= 11 is 1.56. The molecule has 0 spiro atoms. The minimum atomic E-state index is -1.88. The number of thiophene rings is 1. The van der Waals surface area contributed by atoms with Crippen molar-refractivity contribution in [2.75, 3.05) is 13.7 Å². The maximum Gasteiger partial charge on any atom is 0.303 e. The molecule has 0 amide bonds. The van der Waals surface area contributed by atoms with Gasteiger partial charge in [-0.3, -0.25) is 19.2 Å². The SMILES string of the molecule is COC1(c2ccc(C)c(Cc3ccc(-c4ccc(F)cc4)s3)c2)OC(COC(C)=O)[C@@H](OC(C)=O)C(OC(C)=O)[C@H]1OC(C)=O. The number of rotatable bonds is 10. The van der Waals surface area contributed by atoms with E-state index in [1.807, 2.05) is 31.2 Å². The Hall–Kier alpha value is -4.13. The number of hydrogen-bond donors (Lipinski definition) is 0. The summed E-state index contributed by atoms with van der Waals surface area (Å²) in [6.45, 7) is 6.25. The normalized spacial score (nSPS) is 22.7. The molecule has 4 rings (SSSR count). The largest absolute Gasteiger partial charge is 0.463 e. The molecule has 0 N–H and O–H groups in total. The summed E-state index contributed by atoms with van der Waals surface area (Å²) in [5.41, 5.74) is 3.16. The zero-order valence-corrected chi connectivity index (χ0v) is 26.6. The predicted octanol–water partition coefficient (Wildman–Crippen LogP) is 5.01. The molecule has 0 radical (unpaired) electrons. The van der Waals surface area contributed by atoms with Crippen LogP contribution in [0.25, 0.3) is 10.4 Å². The van der Waals surface area contributed by atoms with Gasteiger partial charge < -0.3 is 28.4 Å². The maximum atomic E-state index is 13.4. The van der Waals surface area contributed by atoms with Crippen LogP contribution in [0.2, 0.25) is 0 Å². The Morgan fingerprint density at radius 1 is 0.844 bits per heavy atom. The maximum absolute atomic E-state index is 13.4. The average molecular weight is 643 g/mol. The van der Waals surface area contributed by atoms with Gasteiger partial charge in [-0.15, -0.1) is 11.3 Å². The lowest BCUT2D eigenvalue weighted by atomic mass is 9.85. The Bertz CT molecular complexity index is 1550. The van der Waals surface area contributed by atoms with E-state index in [0.29, 0.717) is 12.0 Å². The van der Waals surface area contributed by atoms with Crippen molar-refractivity contribution in [1.29, 1.82) is 0 Å². The topological polar surface area (TPSA) is 124 Å². The van der Waals surface area contributed by atoms with Crippen molar-refractivity contribution in [3.63, 3.8) is 0 Å². The summed E-state index contributed by atoms with van der Waals surface area (Å²) in [7, 11) is 1.34. The van der Waals surface area contributed by atoms with Crippen LogP contribution < -0.4 is 0 Å². The molecule has 2 aromatic carbocycles. The Balaban J connectivity index is 1.79. The number of benzene rings is 2. The molecule has 1 aliphatic rings. The lowest BCUT2D eigenvalue weighted by Crippen LogP contribution is -2.67. The van der Waals surface area contributed by atoms with E-state index in [1.54, 1.807) is 29.5 Å². The van der Waals surface area contributed by atoms with Gasteiger partial charge in [0.1, 0.15) is 18.5 Å². The van der Waals surface area contributed by atoms with Crippen LogP contribution in [0.4, 0.5) is 4.39 Å². The molecule has 1 aromatic heterocycles. The second-order valence-electron chi connectivity index (χ2n) is 10.6. The number of hydrogen-bond acceptors (Lipinski definition) is 11. The summed E-state index contributed by atoms with van der Waals surface area (Å²) in [6, 6.07) is 15.7. The fraction of sp³-hybridized carbons (Fsp3) is 0.394. The molecule has 0 bridgehead atoms. The van der Waals surface area contributed by atoms with Crippen LogP contribution in [0.15, 0.2) is 54.6 Å². The molecule has 1 saturated heterocycles. The Morgan fingerprint density at radius 2 is 1.49 bits per heavy atom. The monoisotopic (exact) mass is 642 g/mol. The van der Waals surface area contributed by atoms with Gasteiger partial charge in [0.05, 0.1) is 0 Å². The van der Waals surface area contributed by atoms with E-state index in [1.165, 1.54) is 33.1 Å². The minimum absolute atomic E-state index is 0.308. The molecule has 10 nitrogen and oxygen atoms in total. The Kier molecular flexibility index (Phi) is 10.7. The average Bonchev–Trinajstić information content (AvgIpc) is 3.43. The first-order chi connectivity index (χ1) is 21.3. The van der Waals surface area contributed by atoms with E-state index >= 15 is 0 Å². The highest BCUT2D eigenvalue weighted by atomic mass is 32.1. The lowest BCUT2D eigenvalue weighted by molar-refractivity contribution is -0.367. The van der Waals surface area contributed by atoms with Crippen molar-refractivity contribution in [2.24, 2.45) is 0 Å². The molecule has 1 fully saturated rings. The highest BCUT2D eigenvalue weighted by molar-refractivity contribution is 7.15. The molecule has 2 heterocycles. The third kappa shape index (κ3) is 7.94. The van der Waals surface area contributed by atoms with Gasteiger partial charge in [0.15, 0.2) is 12.2 Å². The summed E-state index contributed by atoms with van der Waals surface area (Å²) in [5.74, 6) is -5.02. The quantitative estimate of drug-likeness (QED) is 0.220. The Morgan fingerprint density at radius 3 is 2.09 bits per heavy atom. The standard InChI is InChI=1S/C33H35FO10S/c1-18-7-10-25(15-24(18)16-27-13-14-29(45-27)23-8-11-26(34)12-9-23)33(39-6)32(43-22(5)38)31(42-21(4)37)30(41-20(3)36)28(44-33)17-40-19(2)35/h7-15,28,30-32H,16-17H2,1-6H3/t28?,30-,31?,32-,33?/m1/s1. The highest BCUT2D eigenvalue weighted by Gasteiger charge is 2.61. The van der Waals surface area contributed by atoms with Gasteiger partial charge in [0, 0.05) is 56.5 Å². The van der Waals surface area contributed by atoms with Gasteiger partial charge in [-0.05, 0) is 53.9 Å². The number of halogens is 1. The van der Waals surface area contributed by atoms with Crippen molar-refractivity contribution < 1.29 is 52.0 Å². The fourth-order valence-corrected chi connectivity index (χ4v) is 6.33. The second kappa shape index (κ2) is 14.3. The predicted molar refractivity (Wildman–Crippen MR) is 161 cm³/mol. The van der Waals surface area contributed by atoms with E-state index in [9.17, 15) is 23.6 Å². The van der Waals surface area contributed by atoms with Crippen LogP contribution in [-0.4, -0.2) is 62.0 Å². The van der Waals surface area contributed by atoms with Crippen molar-refractivity contribution >= 4 is 35.2 Å². The molecule has 0 saturated carbocycles. The van der Waals surface area contributed by atoms with Crippen LogP contribution in [0.5, 0.6) is 0 Å². The van der Waals surface area contributed by atoms with Crippen LogP contribution in [0.3, 0.4) is 0 Å². The summed E-state index contributed by atoms with van der Waals surface area (Å²) in [4.78, 5) is 50.7. The lowest BCUT2D eigenvalue weighted by Gasteiger charge is -2.50. The molecule has 1 aliphatic heterocycles. The first-order valence-corrected chi connectivity index (χ1v) is 15.0. The van der Waals surface area contributed by atoms with Gasteiger partial charge in [-0.1, -0.05) is 24.3 Å². The summed E-state index contributed by atoms with van der Waals surface area (Å²) in [6.07, 6.45) is -4.83. The summed E-state index contributed by atoms with van der Waals surface area (Å²) < 4.78 is 47.9. The molecule has 3 aromatic rings. The number of ether oxygens (including phenoxy) is 6. The molecule has 0 aliphatic carbocycles. The van der Waals surface area contributed by atoms with Crippen molar-refractivity contribution in [3.8, 4) is 10.4 Å². The molecule has 3 unspecified atom stereocenters. The number of carbonyl (C=O) groups is 4. The molecule has 5 atom stereocenters. The fourth-order valence-electron chi connectivity index (χ4n) is 5.29. The molecule has 12 heteroatoms. The number of methoxy groups -OCH3 is 1. The van der Waals surface area contributed by atoms with Gasteiger partial charge >= 0.3 is 23.9 Å². The number of esters is 4. The smallest absolute Gasteiger partial charge is 0.303 e. The number of carbonyl (C=O) groups excluding carboxylic acids is 4. The number of aryl methyl sites for hydroxylation is 1. The van der Waals surface area contributed by atoms with Crippen molar-refractivity contribution in [1.82, 2.24) is 0 Å². The molecular formula is C33H35FO10S. The van der Waals surface area contributed by atoms with Crippen molar-refractivity contribution in [3.05, 3.63) is 82.0 Å². The van der Waals surface area contributed by atoms with Gasteiger partial charge in [-0.25, -0.2) is 4.39 Å². The first-order valence-electron chi connectivity index (χ1n) is 14.2. The van der Waals surface area contributed by atoms with Crippen molar-refractivity contribution in [2.45, 2.75) is 71.2 Å². The van der Waals surface area contributed by atoms with Crippen LogP contribution in [0, 0.1) is 12.7 Å². The van der Waals surface area contributed by atoms with Gasteiger partial charge in [0.2, 0.25) is 11.9 Å². The van der Waals surface area contributed by atoms with E-state index in [4.69, 9.17) is 28.4 Å². The second-order valence-corrected chi connectivity index (χ2v) is 11.8. The van der Waals surface area contributed by atoms with E-state index in [2.05, 4.69) is 0 Å². The summed E-state index contributed by atoms with van der Waals surface area (Å²) in [5, 5.41) is 0. The Labute approximate surface area is 264 Å². The van der Waals surface area contributed by atoms with Gasteiger partial charge in [0.25, 0.3) is 0 Å². The highest BCUT2D eigenvalue weighted by Crippen LogP contribution is 2.44. The third-order valence-electron chi connectivity index (χ3n) is 7.25. The van der Waals surface area contributed by atoms with Gasteiger partial charge in [-0.2, -0.15) is 0 Å². The van der Waals surface area contributed by atoms with Crippen LogP contribution >= 0.6 is 11.3 Å². The molecule has 45 heavy (non-hydrogen) atoms. The van der Waals surface area contributed by atoms with E-state index in [-0.39, 0.29) is 12.4 Å². The zero-order chi connectivity index (χ0) is 32.9. The molecular weight excluding hydrogens is 607 g/mol.